The van der Waals surface area contributed by atoms with E-state index in [0.717, 1.165) is 24.9 Å². The van der Waals surface area contributed by atoms with Crippen molar-refractivity contribution in [2.75, 3.05) is 13.1 Å². The maximum Gasteiger partial charge on any atom is 0.0577 e. The second kappa shape index (κ2) is 9.17. The third-order valence-corrected chi connectivity index (χ3v) is 5.85. The van der Waals surface area contributed by atoms with E-state index >= 15 is 0 Å². The van der Waals surface area contributed by atoms with Crippen LogP contribution in [0.5, 0.6) is 0 Å². The number of nitrogens with one attached hydrogen (secondary N) is 2. The summed E-state index contributed by atoms with van der Waals surface area (Å²) in [7, 11) is 0. The summed E-state index contributed by atoms with van der Waals surface area (Å²) < 4.78 is 0. The highest BCUT2D eigenvalue weighted by Gasteiger charge is 2.26. The van der Waals surface area contributed by atoms with Gasteiger partial charge in [0.05, 0.1) is 6.04 Å². The zero-order valence-corrected chi connectivity index (χ0v) is 15.6. The summed E-state index contributed by atoms with van der Waals surface area (Å²) in [5, 5.41) is 7.55. The number of hydrogen-bond donors (Lipinski definition) is 2. The molecule has 3 unspecified atom stereocenters. The van der Waals surface area contributed by atoms with E-state index in [2.05, 4.69) is 85.1 Å². The molecule has 0 amide bonds. The van der Waals surface area contributed by atoms with E-state index in [1.54, 1.807) is 0 Å². The predicted molar refractivity (Wildman–Crippen MR) is 107 cm³/mol. The van der Waals surface area contributed by atoms with Crippen molar-refractivity contribution in [2.45, 2.75) is 45.2 Å². The molecule has 1 fully saturated rings. The van der Waals surface area contributed by atoms with Crippen LogP contribution in [0.1, 0.15) is 50.3 Å². The molecule has 0 saturated heterocycles. The summed E-state index contributed by atoms with van der Waals surface area (Å²) >= 11 is 0. The third kappa shape index (κ3) is 4.93. The van der Waals surface area contributed by atoms with Crippen molar-refractivity contribution in [3.05, 3.63) is 71.8 Å². The highest BCUT2D eigenvalue weighted by atomic mass is 15.0. The molecule has 0 aliphatic heterocycles. The van der Waals surface area contributed by atoms with E-state index < -0.39 is 0 Å². The first-order valence-corrected chi connectivity index (χ1v) is 9.82. The highest BCUT2D eigenvalue weighted by Crippen LogP contribution is 2.29. The van der Waals surface area contributed by atoms with Crippen molar-refractivity contribution < 1.29 is 0 Å². The summed E-state index contributed by atoms with van der Waals surface area (Å²) in [5.74, 6) is 1.63. The molecule has 1 aliphatic rings. The van der Waals surface area contributed by atoms with Gasteiger partial charge < -0.3 is 10.6 Å². The molecule has 3 rings (SSSR count). The second-order valence-corrected chi connectivity index (χ2v) is 7.54. The summed E-state index contributed by atoms with van der Waals surface area (Å²) in [4.78, 5) is 0. The minimum Gasteiger partial charge on any atom is -0.312 e. The minimum atomic E-state index is 0.256. The number of hydrogen-bond acceptors (Lipinski definition) is 2. The molecule has 2 heteroatoms. The largest absolute Gasteiger partial charge is 0.312 e. The first-order valence-electron chi connectivity index (χ1n) is 9.82. The van der Waals surface area contributed by atoms with Gasteiger partial charge in [-0.3, -0.25) is 0 Å². The highest BCUT2D eigenvalue weighted by molar-refractivity contribution is 5.31. The number of rotatable bonds is 7. The Labute approximate surface area is 153 Å². The van der Waals surface area contributed by atoms with Gasteiger partial charge in [0.25, 0.3) is 0 Å². The van der Waals surface area contributed by atoms with Crippen LogP contribution in [0.4, 0.5) is 0 Å². The Kier molecular flexibility index (Phi) is 6.66. The fraction of sp³-hybridized carbons (Fsp3) is 0.478. The molecule has 0 spiro atoms. The normalized spacial score (nSPS) is 23.7. The fourth-order valence-electron chi connectivity index (χ4n) is 4.06. The van der Waals surface area contributed by atoms with Gasteiger partial charge in [0.15, 0.2) is 0 Å². The molecule has 1 saturated carbocycles. The van der Waals surface area contributed by atoms with Gasteiger partial charge in [0, 0.05) is 19.1 Å². The average Bonchev–Trinajstić information content (AvgIpc) is 2.66. The fourth-order valence-corrected chi connectivity index (χ4v) is 4.06. The molecular weight excluding hydrogens is 304 g/mol. The summed E-state index contributed by atoms with van der Waals surface area (Å²) in [6.07, 6.45) is 4.08. The van der Waals surface area contributed by atoms with Crippen LogP contribution in [0.3, 0.4) is 0 Å². The van der Waals surface area contributed by atoms with Crippen LogP contribution < -0.4 is 10.6 Å². The SMILES string of the molecule is CC1CCCC(NCCNC(c2ccccc2)c2ccccc2)C1C. The van der Waals surface area contributed by atoms with E-state index in [1.807, 2.05) is 0 Å². The Morgan fingerprint density at radius 3 is 2.04 bits per heavy atom. The van der Waals surface area contributed by atoms with Crippen LogP contribution in [0.2, 0.25) is 0 Å². The monoisotopic (exact) mass is 336 g/mol. The van der Waals surface area contributed by atoms with E-state index in [9.17, 15) is 0 Å². The van der Waals surface area contributed by atoms with E-state index in [-0.39, 0.29) is 6.04 Å². The molecule has 0 bridgehead atoms. The van der Waals surface area contributed by atoms with Crippen molar-refractivity contribution in [1.82, 2.24) is 10.6 Å². The molecule has 2 aromatic rings. The maximum atomic E-state index is 3.80. The van der Waals surface area contributed by atoms with Crippen molar-refractivity contribution >= 4 is 0 Å². The van der Waals surface area contributed by atoms with Gasteiger partial charge >= 0.3 is 0 Å². The van der Waals surface area contributed by atoms with Crippen molar-refractivity contribution in [3.63, 3.8) is 0 Å². The topological polar surface area (TPSA) is 24.1 Å². The first kappa shape index (κ1) is 18.2. The molecule has 0 radical (unpaired) electrons. The molecule has 2 aromatic carbocycles. The van der Waals surface area contributed by atoms with Gasteiger partial charge in [-0.2, -0.15) is 0 Å². The van der Waals surface area contributed by atoms with Gasteiger partial charge in [0.2, 0.25) is 0 Å². The van der Waals surface area contributed by atoms with Gasteiger partial charge in [-0.1, -0.05) is 87.4 Å². The Balaban J connectivity index is 1.56. The van der Waals surface area contributed by atoms with Gasteiger partial charge in [-0.05, 0) is 29.4 Å². The first-order chi connectivity index (χ1) is 12.3. The molecule has 134 valence electrons. The second-order valence-electron chi connectivity index (χ2n) is 7.54. The van der Waals surface area contributed by atoms with E-state index in [0.29, 0.717) is 6.04 Å². The standard InChI is InChI=1S/C23H32N2/c1-18-10-9-15-22(19(18)2)24-16-17-25-23(20-11-5-3-6-12-20)21-13-7-4-8-14-21/h3-8,11-14,18-19,22-25H,9-10,15-17H2,1-2H3. The quantitative estimate of drug-likeness (QED) is 0.711. The lowest BCUT2D eigenvalue weighted by Gasteiger charge is -2.35. The van der Waals surface area contributed by atoms with Crippen LogP contribution in [-0.2, 0) is 0 Å². The molecule has 0 heterocycles. The lowest BCUT2D eigenvalue weighted by Crippen LogP contribution is -2.43. The van der Waals surface area contributed by atoms with Gasteiger partial charge in [-0.15, -0.1) is 0 Å². The third-order valence-electron chi connectivity index (χ3n) is 5.85. The Morgan fingerprint density at radius 2 is 1.44 bits per heavy atom. The molecule has 1 aliphatic carbocycles. The van der Waals surface area contributed by atoms with Gasteiger partial charge in [-0.25, -0.2) is 0 Å². The Hall–Kier alpha value is -1.64. The van der Waals surface area contributed by atoms with Crippen LogP contribution in [0.15, 0.2) is 60.7 Å². The molecule has 0 aromatic heterocycles. The van der Waals surface area contributed by atoms with Gasteiger partial charge in [0.1, 0.15) is 0 Å². The Bertz CT molecular complexity index is 571. The summed E-state index contributed by atoms with van der Waals surface area (Å²) in [6.45, 7) is 6.81. The Morgan fingerprint density at radius 1 is 0.840 bits per heavy atom. The van der Waals surface area contributed by atoms with Crippen molar-refractivity contribution in [3.8, 4) is 0 Å². The van der Waals surface area contributed by atoms with E-state index in [1.165, 1.54) is 30.4 Å². The van der Waals surface area contributed by atoms with E-state index in [4.69, 9.17) is 0 Å². The smallest absolute Gasteiger partial charge is 0.0577 e. The molecule has 25 heavy (non-hydrogen) atoms. The lowest BCUT2D eigenvalue weighted by molar-refractivity contribution is 0.207. The molecule has 2 nitrogen and oxygen atoms in total. The van der Waals surface area contributed by atoms with Crippen molar-refractivity contribution in [1.29, 1.82) is 0 Å². The summed E-state index contributed by atoms with van der Waals surface area (Å²) in [5.41, 5.74) is 2.65. The predicted octanol–water partition coefficient (Wildman–Crippen LogP) is 4.78. The molecular formula is C23H32N2. The lowest BCUT2D eigenvalue weighted by atomic mass is 9.78. The zero-order chi connectivity index (χ0) is 17.5. The number of benzene rings is 2. The van der Waals surface area contributed by atoms with Crippen molar-refractivity contribution in [2.24, 2.45) is 11.8 Å². The van der Waals surface area contributed by atoms with Crippen LogP contribution in [0.25, 0.3) is 0 Å². The van der Waals surface area contributed by atoms with Crippen LogP contribution >= 0.6 is 0 Å². The average molecular weight is 337 g/mol. The van der Waals surface area contributed by atoms with Crippen LogP contribution in [-0.4, -0.2) is 19.1 Å². The van der Waals surface area contributed by atoms with Crippen LogP contribution in [0, 0.1) is 11.8 Å². The minimum absolute atomic E-state index is 0.256. The maximum absolute atomic E-state index is 3.80. The summed E-state index contributed by atoms with van der Waals surface area (Å²) in [6, 6.07) is 22.4. The zero-order valence-electron chi connectivity index (χ0n) is 15.6. The molecule has 3 atom stereocenters. The molecule has 2 N–H and O–H groups in total.